The second kappa shape index (κ2) is 14.3. The molecule has 0 aromatic rings. The first kappa shape index (κ1) is 20.3. The lowest BCUT2D eigenvalue weighted by molar-refractivity contribution is -0.137. The summed E-state index contributed by atoms with van der Waals surface area (Å²) in [5.41, 5.74) is 0. The number of allylic oxidation sites excluding steroid dienone is 5. The van der Waals surface area contributed by atoms with E-state index >= 15 is 0 Å². The first-order valence-electron chi connectivity index (χ1n) is 8.00. The number of carboxylic acid groups (broad SMARTS) is 1. The van der Waals surface area contributed by atoms with Crippen LogP contribution in [0.2, 0.25) is 0 Å². The summed E-state index contributed by atoms with van der Waals surface area (Å²) in [5.74, 6) is -0.639. The van der Waals surface area contributed by atoms with E-state index in [1.807, 2.05) is 6.92 Å². The van der Waals surface area contributed by atoms with Gasteiger partial charge >= 0.3 is 5.97 Å². The Hall–Kier alpha value is -1.68. The molecule has 2 N–H and O–H groups in total. The molecular weight excluding hydrogens is 280 g/mol. The number of aliphatic hydroxyl groups is 1. The Bertz CT molecular complexity index is 394. The number of ketones is 1. The molecule has 0 amide bonds. The highest BCUT2D eigenvalue weighted by Crippen LogP contribution is 2.09. The zero-order valence-electron chi connectivity index (χ0n) is 13.4. The van der Waals surface area contributed by atoms with Crippen molar-refractivity contribution >= 4 is 11.8 Å². The van der Waals surface area contributed by atoms with Gasteiger partial charge in [0.25, 0.3) is 0 Å². The maximum Gasteiger partial charge on any atom is 0.303 e. The van der Waals surface area contributed by atoms with Gasteiger partial charge in [-0.1, -0.05) is 63.0 Å². The van der Waals surface area contributed by atoms with Crippen LogP contribution in [-0.4, -0.2) is 28.1 Å². The third kappa shape index (κ3) is 14.7. The largest absolute Gasteiger partial charge is 0.481 e. The molecule has 4 heteroatoms. The van der Waals surface area contributed by atoms with E-state index in [9.17, 15) is 14.7 Å². The second-order valence-corrected chi connectivity index (χ2v) is 5.22. The van der Waals surface area contributed by atoms with Crippen molar-refractivity contribution in [2.45, 2.75) is 64.4 Å². The fourth-order valence-corrected chi connectivity index (χ4v) is 1.86. The van der Waals surface area contributed by atoms with Crippen molar-refractivity contribution in [3.05, 3.63) is 36.5 Å². The van der Waals surface area contributed by atoms with Crippen LogP contribution < -0.4 is 0 Å². The molecule has 1 atom stereocenters. The molecule has 0 fully saturated rings. The fraction of sp³-hybridized carbons (Fsp3) is 0.556. The van der Waals surface area contributed by atoms with Crippen LogP contribution in [0.25, 0.3) is 0 Å². The van der Waals surface area contributed by atoms with Gasteiger partial charge in [-0.05, 0) is 18.9 Å². The van der Waals surface area contributed by atoms with Crippen molar-refractivity contribution in [2.24, 2.45) is 0 Å². The first-order chi connectivity index (χ1) is 10.6. The predicted octanol–water partition coefficient (Wildman–Crippen LogP) is 3.81. The summed E-state index contributed by atoms with van der Waals surface area (Å²) in [7, 11) is 0. The van der Waals surface area contributed by atoms with Gasteiger partial charge in [0.1, 0.15) is 0 Å². The summed E-state index contributed by atoms with van der Waals surface area (Å²) in [6, 6.07) is 0. The highest BCUT2D eigenvalue weighted by molar-refractivity contribution is 5.89. The third-order valence-electron chi connectivity index (χ3n) is 3.19. The van der Waals surface area contributed by atoms with Crippen LogP contribution in [0, 0.1) is 0 Å². The number of carbonyl (C=O) groups is 2. The maximum atomic E-state index is 11.0. The van der Waals surface area contributed by atoms with Gasteiger partial charge in [0.05, 0.1) is 6.10 Å². The Morgan fingerprint density at radius 1 is 0.955 bits per heavy atom. The Morgan fingerprint density at radius 3 is 2.27 bits per heavy atom. The van der Waals surface area contributed by atoms with Crippen molar-refractivity contribution in [3.8, 4) is 0 Å². The SMILES string of the molecule is CCC(=O)/C=C/C=C\C=C\C(O)CCCCCCCC(=O)O. The van der Waals surface area contributed by atoms with Crippen molar-refractivity contribution in [2.75, 3.05) is 0 Å². The van der Waals surface area contributed by atoms with Gasteiger partial charge in [0, 0.05) is 12.8 Å². The molecular formula is C18H28O4. The smallest absolute Gasteiger partial charge is 0.303 e. The summed E-state index contributed by atoms with van der Waals surface area (Å²) in [6.07, 6.45) is 15.9. The van der Waals surface area contributed by atoms with Gasteiger partial charge in [-0.15, -0.1) is 0 Å². The highest BCUT2D eigenvalue weighted by atomic mass is 16.4. The molecule has 1 unspecified atom stereocenters. The van der Waals surface area contributed by atoms with E-state index in [0.717, 1.165) is 32.1 Å². The van der Waals surface area contributed by atoms with Crippen LogP contribution in [0.3, 0.4) is 0 Å². The molecule has 0 heterocycles. The number of aliphatic hydroxyl groups excluding tert-OH is 1. The molecule has 0 rings (SSSR count). The number of hydrogen-bond acceptors (Lipinski definition) is 3. The van der Waals surface area contributed by atoms with Gasteiger partial charge in [-0.2, -0.15) is 0 Å². The average molecular weight is 308 g/mol. The number of hydrogen-bond donors (Lipinski definition) is 2. The van der Waals surface area contributed by atoms with E-state index < -0.39 is 12.1 Å². The zero-order chi connectivity index (χ0) is 16.6. The molecule has 0 aromatic carbocycles. The molecule has 0 spiro atoms. The average Bonchev–Trinajstić information content (AvgIpc) is 2.49. The fourth-order valence-electron chi connectivity index (χ4n) is 1.86. The molecule has 0 aliphatic carbocycles. The first-order valence-corrected chi connectivity index (χ1v) is 8.00. The van der Waals surface area contributed by atoms with E-state index in [1.54, 1.807) is 30.4 Å². The summed E-state index contributed by atoms with van der Waals surface area (Å²) in [6.45, 7) is 1.82. The predicted molar refractivity (Wildman–Crippen MR) is 88.7 cm³/mol. The Balaban J connectivity index is 3.60. The van der Waals surface area contributed by atoms with Crippen LogP contribution in [0.1, 0.15) is 58.3 Å². The van der Waals surface area contributed by atoms with E-state index in [-0.39, 0.29) is 12.2 Å². The maximum absolute atomic E-state index is 11.0. The molecule has 124 valence electrons. The van der Waals surface area contributed by atoms with Gasteiger partial charge < -0.3 is 10.2 Å². The minimum atomic E-state index is -0.734. The van der Waals surface area contributed by atoms with Crippen LogP contribution in [0.5, 0.6) is 0 Å². The van der Waals surface area contributed by atoms with E-state index in [4.69, 9.17) is 5.11 Å². The highest BCUT2D eigenvalue weighted by Gasteiger charge is 1.99. The number of rotatable bonds is 13. The van der Waals surface area contributed by atoms with Crippen molar-refractivity contribution < 1.29 is 19.8 Å². The molecule has 0 saturated heterocycles. The minimum absolute atomic E-state index is 0.0945. The van der Waals surface area contributed by atoms with E-state index in [1.165, 1.54) is 6.08 Å². The van der Waals surface area contributed by atoms with Gasteiger partial charge in [0.15, 0.2) is 5.78 Å². The van der Waals surface area contributed by atoms with Crippen LogP contribution in [0.15, 0.2) is 36.5 Å². The lowest BCUT2D eigenvalue weighted by atomic mass is 10.1. The van der Waals surface area contributed by atoms with Gasteiger partial charge in [-0.25, -0.2) is 0 Å². The summed E-state index contributed by atoms with van der Waals surface area (Å²) in [5, 5.41) is 18.2. The lowest BCUT2D eigenvalue weighted by Gasteiger charge is -2.04. The van der Waals surface area contributed by atoms with Crippen molar-refractivity contribution in [3.63, 3.8) is 0 Å². The molecule has 0 bridgehead atoms. The summed E-state index contributed by atoms with van der Waals surface area (Å²) >= 11 is 0. The third-order valence-corrected chi connectivity index (χ3v) is 3.19. The van der Waals surface area contributed by atoms with Crippen LogP contribution in [-0.2, 0) is 9.59 Å². The lowest BCUT2D eigenvalue weighted by Crippen LogP contribution is -2.01. The molecule has 0 saturated carbocycles. The van der Waals surface area contributed by atoms with Crippen molar-refractivity contribution in [1.29, 1.82) is 0 Å². The summed E-state index contributed by atoms with van der Waals surface area (Å²) < 4.78 is 0. The van der Waals surface area contributed by atoms with Gasteiger partial charge in [0.2, 0.25) is 0 Å². The Kier molecular flexibility index (Phi) is 13.2. The van der Waals surface area contributed by atoms with Gasteiger partial charge in [-0.3, -0.25) is 9.59 Å². The van der Waals surface area contributed by atoms with Crippen LogP contribution in [0.4, 0.5) is 0 Å². The zero-order valence-corrected chi connectivity index (χ0v) is 13.4. The number of unbranched alkanes of at least 4 members (excludes halogenated alkanes) is 4. The van der Waals surface area contributed by atoms with E-state index in [2.05, 4.69) is 0 Å². The van der Waals surface area contributed by atoms with Crippen LogP contribution >= 0.6 is 0 Å². The molecule has 0 radical (unpaired) electrons. The number of carbonyl (C=O) groups excluding carboxylic acids is 1. The molecule has 22 heavy (non-hydrogen) atoms. The topological polar surface area (TPSA) is 74.6 Å². The number of carboxylic acids is 1. The van der Waals surface area contributed by atoms with Crippen molar-refractivity contribution in [1.82, 2.24) is 0 Å². The minimum Gasteiger partial charge on any atom is -0.481 e. The monoisotopic (exact) mass is 308 g/mol. The number of aliphatic carboxylic acids is 1. The second-order valence-electron chi connectivity index (χ2n) is 5.22. The normalized spacial score (nSPS) is 13.4. The standard InChI is InChI=1S/C18H28O4/c1-2-16(19)12-8-6-7-10-14-17(20)13-9-4-3-5-11-15-18(21)22/h6-8,10,12,14,17,20H,2-5,9,11,13,15H2,1H3,(H,21,22)/b7-6-,12-8+,14-10+. The Morgan fingerprint density at radius 2 is 1.59 bits per heavy atom. The Labute approximate surface area is 133 Å². The molecule has 4 nitrogen and oxygen atoms in total. The molecule has 0 aliphatic rings. The molecule has 0 aliphatic heterocycles. The van der Waals surface area contributed by atoms with E-state index in [0.29, 0.717) is 12.8 Å². The quantitative estimate of drug-likeness (QED) is 0.308. The molecule has 0 aromatic heterocycles. The summed E-state index contributed by atoms with van der Waals surface area (Å²) in [4.78, 5) is 21.3.